The molecule has 5 amide bonds. The number of halogens is 1. The molecule has 3 atom stereocenters. The van der Waals surface area contributed by atoms with Gasteiger partial charge in [0.15, 0.2) is 0 Å². The van der Waals surface area contributed by atoms with Gasteiger partial charge in [0.2, 0.25) is 23.6 Å². The number of hydrogen-bond acceptors (Lipinski definition) is 6. The number of amides is 5. The van der Waals surface area contributed by atoms with E-state index in [0.29, 0.717) is 37.4 Å². The van der Waals surface area contributed by atoms with Crippen LogP contribution >= 0.6 is 9.24 Å². The Kier molecular flexibility index (Phi) is 14.3. The molecule has 12 nitrogen and oxygen atoms in total. The van der Waals surface area contributed by atoms with Crippen molar-refractivity contribution >= 4 is 56.0 Å². The SMILES string of the molecule is CC/C=C/C=C(/C(=O)NCC(=O)N1CCC(F)(P)C1)c1cc(NC(=O)CCC(=O)N2CCN(C(=O)CCC(C)C(=O)O)CC2)ccc1C. The summed E-state index contributed by atoms with van der Waals surface area (Å²) in [6.45, 7) is 6.66. The molecule has 0 bridgehead atoms. The van der Waals surface area contributed by atoms with Gasteiger partial charge >= 0.3 is 5.97 Å². The summed E-state index contributed by atoms with van der Waals surface area (Å²) in [4.78, 5) is 79.6. The average molecular weight is 688 g/mol. The molecule has 48 heavy (non-hydrogen) atoms. The molecule has 3 unspecified atom stereocenters. The van der Waals surface area contributed by atoms with Crippen LogP contribution in [0.25, 0.3) is 5.57 Å². The Morgan fingerprint density at radius 3 is 2.21 bits per heavy atom. The molecule has 2 aliphatic heterocycles. The molecule has 0 saturated carbocycles. The number of carbonyl (C=O) groups is 6. The van der Waals surface area contributed by atoms with Crippen molar-refractivity contribution in [1.29, 1.82) is 0 Å². The second-order valence-corrected chi connectivity index (χ2v) is 13.4. The molecule has 262 valence electrons. The molecule has 2 heterocycles. The molecule has 14 heteroatoms. The molecule has 0 aromatic heterocycles. The van der Waals surface area contributed by atoms with Crippen LogP contribution in [0, 0.1) is 12.8 Å². The first-order chi connectivity index (χ1) is 22.7. The lowest BCUT2D eigenvalue weighted by atomic mass is 9.98. The Balaban J connectivity index is 1.55. The topological polar surface area (TPSA) is 156 Å². The molecule has 2 saturated heterocycles. The number of rotatable bonds is 14. The summed E-state index contributed by atoms with van der Waals surface area (Å²) in [5.41, 5.74) is 2.04. The first kappa shape index (κ1) is 38.3. The number of hydrogen-bond donors (Lipinski definition) is 3. The number of carboxylic acids is 1. The van der Waals surface area contributed by atoms with Gasteiger partial charge in [0.1, 0.15) is 5.41 Å². The second kappa shape index (κ2) is 17.9. The summed E-state index contributed by atoms with van der Waals surface area (Å²) in [5, 5.41) is 12.9. The van der Waals surface area contributed by atoms with E-state index in [1.807, 2.05) is 19.9 Å². The monoisotopic (exact) mass is 687 g/mol. The van der Waals surface area contributed by atoms with Crippen molar-refractivity contribution in [3.8, 4) is 0 Å². The first-order valence-electron chi connectivity index (χ1n) is 16.3. The maximum absolute atomic E-state index is 14.2. The van der Waals surface area contributed by atoms with E-state index in [1.165, 1.54) is 4.90 Å². The molecule has 0 radical (unpaired) electrons. The van der Waals surface area contributed by atoms with Crippen LogP contribution in [0.15, 0.2) is 36.4 Å². The molecular formula is C34H47FN5O7P. The van der Waals surface area contributed by atoms with Gasteiger partial charge in [-0.2, -0.15) is 0 Å². The van der Waals surface area contributed by atoms with Gasteiger partial charge in [-0.05, 0) is 49.1 Å². The van der Waals surface area contributed by atoms with Crippen LogP contribution in [-0.2, 0) is 28.8 Å². The number of likely N-dealkylation sites (tertiary alicyclic amines) is 1. The maximum atomic E-state index is 14.2. The highest BCUT2D eigenvalue weighted by Gasteiger charge is 2.36. The normalized spacial score (nSPS) is 18.9. The Morgan fingerprint density at radius 1 is 0.979 bits per heavy atom. The highest BCUT2D eigenvalue weighted by molar-refractivity contribution is 7.18. The van der Waals surface area contributed by atoms with Crippen molar-refractivity contribution in [3.63, 3.8) is 0 Å². The van der Waals surface area contributed by atoms with E-state index in [1.54, 1.807) is 47.1 Å². The van der Waals surface area contributed by atoms with Crippen molar-refractivity contribution in [2.75, 3.05) is 51.1 Å². The third-order valence-corrected chi connectivity index (χ3v) is 8.93. The summed E-state index contributed by atoms with van der Waals surface area (Å²) in [6, 6.07) is 5.13. The van der Waals surface area contributed by atoms with Crippen LogP contribution < -0.4 is 10.6 Å². The predicted molar refractivity (Wildman–Crippen MR) is 183 cm³/mol. The van der Waals surface area contributed by atoms with Crippen LogP contribution in [0.4, 0.5) is 10.1 Å². The van der Waals surface area contributed by atoms with Gasteiger partial charge in [0.25, 0.3) is 5.91 Å². The summed E-state index contributed by atoms with van der Waals surface area (Å²) < 4.78 is 14.2. The summed E-state index contributed by atoms with van der Waals surface area (Å²) in [5.74, 6) is -3.13. The van der Waals surface area contributed by atoms with Crippen molar-refractivity contribution in [1.82, 2.24) is 20.0 Å². The number of alkyl halides is 1. The molecular weight excluding hydrogens is 640 g/mol. The number of anilines is 1. The fourth-order valence-corrected chi connectivity index (χ4v) is 5.73. The Labute approximate surface area is 283 Å². The Morgan fingerprint density at radius 2 is 1.62 bits per heavy atom. The molecule has 1 aromatic carbocycles. The molecule has 3 N–H and O–H groups in total. The fourth-order valence-electron chi connectivity index (χ4n) is 5.38. The lowest BCUT2D eigenvalue weighted by Crippen LogP contribution is -2.50. The maximum Gasteiger partial charge on any atom is 0.306 e. The highest BCUT2D eigenvalue weighted by atomic mass is 31.0. The minimum Gasteiger partial charge on any atom is -0.481 e. The van der Waals surface area contributed by atoms with Gasteiger partial charge in [-0.1, -0.05) is 41.3 Å². The predicted octanol–water partition coefficient (Wildman–Crippen LogP) is 3.12. The quantitative estimate of drug-likeness (QED) is 0.154. The third-order valence-electron chi connectivity index (χ3n) is 8.46. The molecule has 3 rings (SSSR count). The number of carbonyl (C=O) groups excluding carboxylic acids is 5. The van der Waals surface area contributed by atoms with Crippen LogP contribution in [0.1, 0.15) is 63.5 Å². The van der Waals surface area contributed by atoms with Gasteiger partial charge in [-0.3, -0.25) is 28.8 Å². The lowest BCUT2D eigenvalue weighted by molar-refractivity contribution is -0.143. The third kappa shape index (κ3) is 11.5. The zero-order chi connectivity index (χ0) is 35.4. The number of aryl methyl sites for hydroxylation is 1. The number of nitrogens with one attached hydrogen (secondary N) is 2. The molecule has 0 spiro atoms. The smallest absolute Gasteiger partial charge is 0.306 e. The van der Waals surface area contributed by atoms with E-state index in [-0.39, 0.29) is 80.9 Å². The van der Waals surface area contributed by atoms with E-state index >= 15 is 0 Å². The summed E-state index contributed by atoms with van der Waals surface area (Å²) >= 11 is 0. The van der Waals surface area contributed by atoms with Gasteiger partial charge in [0, 0.05) is 69.7 Å². The fraction of sp³-hybridized carbons (Fsp3) is 0.529. The summed E-state index contributed by atoms with van der Waals surface area (Å²) in [6.07, 6.45) is 6.54. The summed E-state index contributed by atoms with van der Waals surface area (Å²) in [7, 11) is 2.13. The van der Waals surface area contributed by atoms with Crippen molar-refractivity contribution < 1.29 is 38.3 Å². The Hall–Kier alpha value is -4.12. The number of nitrogens with zero attached hydrogens (tertiary/aromatic N) is 3. The van der Waals surface area contributed by atoms with Crippen LogP contribution in [0.5, 0.6) is 0 Å². The van der Waals surface area contributed by atoms with Crippen molar-refractivity contribution in [3.05, 3.63) is 47.6 Å². The highest BCUT2D eigenvalue weighted by Crippen LogP contribution is 2.31. The standard InChI is InChI=1S/C34H47FN5O7P/c1-4-5-6-7-26(32(45)36-21-31(44)40-15-14-34(35,48)22-40)27-20-25(10-8-23(27)2)37-28(41)11-13-30(43)39-18-16-38(17-19-39)29(42)12-9-24(3)33(46)47/h5-8,10,20,24H,4,9,11-19,21-22,48H2,1-3H3,(H,36,45)(H,37,41)(H,46,47)/b6-5+,26-7+. The van der Waals surface area contributed by atoms with Crippen LogP contribution in [-0.4, -0.2) is 107 Å². The van der Waals surface area contributed by atoms with Crippen molar-refractivity contribution in [2.45, 2.75) is 64.7 Å². The van der Waals surface area contributed by atoms with Crippen LogP contribution in [0.2, 0.25) is 0 Å². The van der Waals surface area contributed by atoms with E-state index in [4.69, 9.17) is 5.11 Å². The minimum atomic E-state index is -1.52. The van der Waals surface area contributed by atoms with E-state index < -0.39 is 23.2 Å². The van der Waals surface area contributed by atoms with Gasteiger partial charge < -0.3 is 30.4 Å². The number of benzene rings is 1. The molecule has 1 aromatic rings. The van der Waals surface area contributed by atoms with Crippen LogP contribution in [0.3, 0.4) is 0 Å². The number of piperazine rings is 1. The van der Waals surface area contributed by atoms with E-state index in [9.17, 15) is 33.2 Å². The second-order valence-electron chi connectivity index (χ2n) is 12.3. The number of carboxylic acid groups (broad SMARTS) is 1. The molecule has 2 fully saturated rings. The molecule has 0 aliphatic carbocycles. The lowest BCUT2D eigenvalue weighted by Gasteiger charge is -2.35. The van der Waals surface area contributed by atoms with Gasteiger partial charge in [-0.15, -0.1) is 0 Å². The molecule has 2 aliphatic rings. The van der Waals surface area contributed by atoms with Gasteiger partial charge in [-0.25, -0.2) is 4.39 Å². The van der Waals surface area contributed by atoms with E-state index in [0.717, 1.165) is 12.0 Å². The first-order valence-corrected chi connectivity index (χ1v) is 16.9. The Bertz CT molecular complexity index is 1440. The van der Waals surface area contributed by atoms with Gasteiger partial charge in [0.05, 0.1) is 19.0 Å². The zero-order valence-electron chi connectivity index (χ0n) is 27.9. The minimum absolute atomic E-state index is 0.0186. The zero-order valence-corrected chi connectivity index (χ0v) is 29.1. The van der Waals surface area contributed by atoms with Crippen molar-refractivity contribution in [2.24, 2.45) is 5.92 Å². The largest absolute Gasteiger partial charge is 0.481 e. The number of allylic oxidation sites excluding steroid dienone is 3. The average Bonchev–Trinajstić information content (AvgIpc) is 3.43. The number of aliphatic carboxylic acids is 1. The van der Waals surface area contributed by atoms with E-state index in [2.05, 4.69) is 19.9 Å².